The number of benzene rings is 2. The highest BCUT2D eigenvalue weighted by Gasteiger charge is 2.38. The summed E-state index contributed by atoms with van der Waals surface area (Å²) in [6.07, 6.45) is 0.956. The minimum Gasteiger partial charge on any atom is -0.496 e. The second-order valence-electron chi connectivity index (χ2n) is 8.21. The van der Waals surface area contributed by atoms with Gasteiger partial charge in [-0.25, -0.2) is 18.2 Å². The van der Waals surface area contributed by atoms with Gasteiger partial charge in [-0.15, -0.1) is 0 Å². The molecule has 0 aliphatic carbocycles. The summed E-state index contributed by atoms with van der Waals surface area (Å²) in [5.74, 6) is -3.38. The molecule has 1 amide bonds. The number of nitrogens with one attached hydrogen (secondary N) is 1. The zero-order chi connectivity index (χ0) is 23.3. The van der Waals surface area contributed by atoms with Gasteiger partial charge in [0.1, 0.15) is 23.1 Å². The Bertz CT molecular complexity index is 1270. The molecule has 0 saturated carbocycles. The van der Waals surface area contributed by atoms with E-state index in [-0.39, 0.29) is 23.0 Å². The van der Waals surface area contributed by atoms with Gasteiger partial charge in [0.2, 0.25) is 0 Å². The van der Waals surface area contributed by atoms with Crippen LogP contribution in [-0.2, 0) is 0 Å². The Morgan fingerprint density at radius 1 is 1.21 bits per heavy atom. The molecule has 0 radical (unpaired) electrons. The third-order valence-electron chi connectivity index (χ3n) is 6.26. The van der Waals surface area contributed by atoms with Crippen molar-refractivity contribution in [2.24, 2.45) is 5.73 Å². The van der Waals surface area contributed by atoms with Crippen molar-refractivity contribution in [1.82, 2.24) is 10.3 Å². The molecule has 0 spiro atoms. The van der Waals surface area contributed by atoms with Crippen LogP contribution in [0.25, 0.3) is 22.5 Å². The van der Waals surface area contributed by atoms with Crippen LogP contribution in [0.4, 0.5) is 18.9 Å². The summed E-state index contributed by atoms with van der Waals surface area (Å²) in [4.78, 5) is 18.6. The molecule has 3 aromatic rings. The minimum atomic E-state index is -1.07. The van der Waals surface area contributed by atoms with Crippen molar-refractivity contribution in [2.45, 2.75) is 18.5 Å². The SMILES string of the molecule is COc1cccc(F)c1-c1nc(-c2cc(F)ccc2N2C[C@@H]3C[C@H]2CN3)cc(C(N)=O)c1F. The quantitative estimate of drug-likeness (QED) is 0.617. The standard InChI is InChI=1S/C24H21F3N4O2/c1-33-20-4-2-3-17(26)21(20)23-22(27)16(24(28)32)9-18(30-23)15-7-12(25)5-6-19(15)31-11-13-8-14(31)10-29-13/h2-7,9,13-14,29H,8,10-11H2,1H3,(H2,28,32)/t13-,14-/m0/s1. The first-order valence-corrected chi connectivity index (χ1v) is 10.5. The fraction of sp³-hybridized carbons (Fsp3) is 0.250. The number of methoxy groups -OCH3 is 1. The number of hydrogen-bond donors (Lipinski definition) is 2. The lowest BCUT2D eigenvalue weighted by atomic mass is 10.0. The number of primary amides is 1. The largest absolute Gasteiger partial charge is 0.496 e. The highest BCUT2D eigenvalue weighted by Crippen LogP contribution is 2.40. The van der Waals surface area contributed by atoms with Gasteiger partial charge in [-0.3, -0.25) is 4.79 Å². The number of carbonyl (C=O) groups excluding carboxylic acids is 1. The van der Waals surface area contributed by atoms with Crippen LogP contribution >= 0.6 is 0 Å². The number of rotatable bonds is 5. The Morgan fingerprint density at radius 3 is 2.70 bits per heavy atom. The predicted octanol–water partition coefficient (Wildman–Crippen LogP) is 3.49. The van der Waals surface area contributed by atoms with Crippen LogP contribution < -0.4 is 20.7 Å². The van der Waals surface area contributed by atoms with Crippen molar-refractivity contribution >= 4 is 11.6 Å². The molecule has 9 heteroatoms. The molecule has 2 aromatic carbocycles. The molecule has 170 valence electrons. The van der Waals surface area contributed by atoms with Gasteiger partial charge in [-0.1, -0.05) is 6.07 Å². The van der Waals surface area contributed by atoms with E-state index >= 15 is 4.39 Å². The number of carbonyl (C=O) groups is 1. The topological polar surface area (TPSA) is 80.5 Å². The van der Waals surface area contributed by atoms with E-state index in [9.17, 15) is 13.6 Å². The van der Waals surface area contributed by atoms with Crippen LogP contribution in [0.1, 0.15) is 16.8 Å². The average Bonchev–Trinajstić information content (AvgIpc) is 3.43. The van der Waals surface area contributed by atoms with E-state index in [2.05, 4.69) is 15.2 Å². The number of amides is 1. The first kappa shape index (κ1) is 21.3. The van der Waals surface area contributed by atoms with Crippen molar-refractivity contribution in [3.05, 3.63) is 65.5 Å². The molecule has 33 heavy (non-hydrogen) atoms. The fourth-order valence-electron chi connectivity index (χ4n) is 4.74. The third-order valence-corrected chi connectivity index (χ3v) is 6.26. The van der Waals surface area contributed by atoms with E-state index in [1.165, 1.54) is 37.4 Å². The number of piperazine rings is 1. The maximum Gasteiger partial charge on any atom is 0.251 e. The smallest absolute Gasteiger partial charge is 0.251 e. The summed E-state index contributed by atoms with van der Waals surface area (Å²) < 4.78 is 49.7. The van der Waals surface area contributed by atoms with Gasteiger partial charge in [0.05, 0.1) is 23.9 Å². The molecule has 2 fully saturated rings. The van der Waals surface area contributed by atoms with Crippen LogP contribution in [0.3, 0.4) is 0 Å². The van der Waals surface area contributed by atoms with Gasteiger partial charge < -0.3 is 20.7 Å². The van der Waals surface area contributed by atoms with E-state index in [1.54, 1.807) is 6.07 Å². The molecular weight excluding hydrogens is 433 g/mol. The fourth-order valence-corrected chi connectivity index (χ4v) is 4.74. The van der Waals surface area contributed by atoms with E-state index < -0.39 is 34.6 Å². The number of nitrogens with two attached hydrogens (primary N) is 1. The van der Waals surface area contributed by atoms with Crippen LogP contribution in [-0.4, -0.2) is 43.2 Å². The zero-order valence-corrected chi connectivity index (χ0v) is 17.7. The Balaban J connectivity index is 1.74. The summed E-state index contributed by atoms with van der Waals surface area (Å²) in [7, 11) is 1.32. The van der Waals surface area contributed by atoms with Crippen LogP contribution in [0.2, 0.25) is 0 Å². The van der Waals surface area contributed by atoms with E-state index in [4.69, 9.17) is 10.5 Å². The lowest BCUT2D eigenvalue weighted by Crippen LogP contribution is -2.43. The molecule has 2 atom stereocenters. The Labute approximate surface area is 188 Å². The highest BCUT2D eigenvalue weighted by atomic mass is 19.1. The molecule has 6 nitrogen and oxygen atoms in total. The van der Waals surface area contributed by atoms with Crippen molar-refractivity contribution in [3.63, 3.8) is 0 Å². The molecule has 0 unspecified atom stereocenters. The number of hydrogen-bond acceptors (Lipinski definition) is 5. The maximum absolute atomic E-state index is 15.3. The second-order valence-corrected chi connectivity index (χ2v) is 8.21. The van der Waals surface area contributed by atoms with Crippen molar-refractivity contribution in [1.29, 1.82) is 0 Å². The predicted molar refractivity (Wildman–Crippen MR) is 118 cm³/mol. The minimum absolute atomic E-state index is 0.0383. The Hall–Kier alpha value is -3.59. The van der Waals surface area contributed by atoms with Gasteiger partial charge in [-0.2, -0.15) is 0 Å². The molecule has 2 aliphatic rings. The Morgan fingerprint density at radius 2 is 2.03 bits per heavy atom. The van der Waals surface area contributed by atoms with Crippen LogP contribution in [0, 0.1) is 17.5 Å². The highest BCUT2D eigenvalue weighted by molar-refractivity contribution is 5.96. The lowest BCUT2D eigenvalue weighted by molar-refractivity contribution is 0.0996. The number of halogens is 3. The van der Waals surface area contributed by atoms with E-state index in [1.807, 2.05) is 0 Å². The van der Waals surface area contributed by atoms with Crippen molar-refractivity contribution in [2.75, 3.05) is 25.1 Å². The number of anilines is 1. The molecule has 5 rings (SSSR count). The van der Waals surface area contributed by atoms with Crippen molar-refractivity contribution in [3.8, 4) is 28.3 Å². The van der Waals surface area contributed by atoms with E-state index in [0.29, 0.717) is 17.3 Å². The van der Waals surface area contributed by atoms with Gasteiger partial charge in [0.25, 0.3) is 5.91 Å². The molecule has 3 heterocycles. The summed E-state index contributed by atoms with van der Waals surface area (Å²) in [5.41, 5.74) is 5.45. The molecule has 2 aliphatic heterocycles. The van der Waals surface area contributed by atoms with Gasteiger partial charge in [0, 0.05) is 36.4 Å². The molecular formula is C24H21F3N4O2. The number of ether oxygens (including phenoxy) is 1. The monoisotopic (exact) mass is 454 g/mol. The molecule has 3 N–H and O–H groups in total. The van der Waals surface area contributed by atoms with Gasteiger partial charge >= 0.3 is 0 Å². The molecule has 1 aromatic heterocycles. The number of pyridine rings is 1. The molecule has 2 saturated heterocycles. The number of aromatic nitrogens is 1. The average molecular weight is 454 g/mol. The first-order valence-electron chi connectivity index (χ1n) is 10.5. The summed E-state index contributed by atoms with van der Waals surface area (Å²) in [5, 5.41) is 3.41. The Kier molecular flexibility index (Phi) is 5.20. The third kappa shape index (κ3) is 3.58. The second kappa shape index (κ2) is 8.08. The number of nitrogens with zero attached hydrogens (tertiary/aromatic N) is 2. The van der Waals surface area contributed by atoms with Crippen molar-refractivity contribution < 1.29 is 22.7 Å². The summed E-state index contributed by atoms with van der Waals surface area (Å²) >= 11 is 0. The molecule has 2 bridgehead atoms. The lowest BCUT2D eigenvalue weighted by Gasteiger charge is -2.31. The first-order chi connectivity index (χ1) is 15.9. The van der Waals surface area contributed by atoms with Crippen LogP contribution in [0.5, 0.6) is 5.75 Å². The van der Waals surface area contributed by atoms with Gasteiger partial charge in [0.15, 0.2) is 5.82 Å². The van der Waals surface area contributed by atoms with Gasteiger partial charge in [-0.05, 0) is 42.8 Å². The zero-order valence-electron chi connectivity index (χ0n) is 17.7. The normalized spacial score (nSPS) is 19.2. The van der Waals surface area contributed by atoms with E-state index in [0.717, 1.165) is 25.6 Å². The van der Waals surface area contributed by atoms with Crippen LogP contribution in [0.15, 0.2) is 42.5 Å². The summed E-state index contributed by atoms with van der Waals surface area (Å²) in [6, 6.07) is 10.0. The summed E-state index contributed by atoms with van der Waals surface area (Å²) in [6.45, 7) is 1.52. The maximum atomic E-state index is 15.3. The number of fused-ring (bicyclic) bond motifs is 2.